The van der Waals surface area contributed by atoms with Gasteiger partial charge in [0, 0.05) is 58.5 Å². The summed E-state index contributed by atoms with van der Waals surface area (Å²) in [5.74, 6) is -0.268. The topological polar surface area (TPSA) is 165 Å². The third-order valence-corrected chi connectivity index (χ3v) is 10.4. The summed E-state index contributed by atoms with van der Waals surface area (Å²) in [4.78, 5) is 18.8. The highest BCUT2D eigenvalue weighted by Crippen LogP contribution is 2.22. The van der Waals surface area contributed by atoms with Crippen LogP contribution in [0, 0.1) is 0 Å². The van der Waals surface area contributed by atoms with E-state index in [1.807, 2.05) is 0 Å². The van der Waals surface area contributed by atoms with E-state index in [-0.39, 0.29) is 22.1 Å². The number of carbonyl (C=O) groups excluding carboxylic acids is 1. The number of hydrogen-bond donors (Lipinski definition) is 0. The Morgan fingerprint density at radius 1 is 0.750 bits per heavy atom. The molecule has 0 saturated heterocycles. The molecule has 1 aromatic carbocycles. The van der Waals surface area contributed by atoms with Crippen LogP contribution in [0.5, 0.6) is 0 Å². The molecule has 0 fully saturated rings. The molecule has 0 unspecified atom stereocenters. The summed E-state index contributed by atoms with van der Waals surface area (Å²) in [7, 11) is -7.17. The van der Waals surface area contributed by atoms with Crippen LogP contribution < -0.4 is 0 Å². The summed E-state index contributed by atoms with van der Waals surface area (Å²) in [5.41, 5.74) is 0.251. The number of rotatable bonds is 11. The number of sulfonamides is 1. The lowest BCUT2D eigenvalue weighted by molar-refractivity contribution is 0.112. The molecule has 36 heavy (non-hydrogen) atoms. The number of hydrogen-bond acceptors (Lipinski definition) is 9. The molecule has 3 aromatic rings. The maximum atomic E-state index is 13.6. The first-order chi connectivity index (χ1) is 16.7. The summed E-state index contributed by atoms with van der Waals surface area (Å²) >= 11 is 0. The Hall–Kier alpha value is -2.96. The zero-order valence-corrected chi connectivity index (χ0v) is 22.3. The fraction of sp³-hybridized carbons (Fsp3) is 0.316. The number of imidazole rings is 2. The summed E-state index contributed by atoms with van der Waals surface area (Å²) in [6.07, 6.45) is 5.31. The van der Waals surface area contributed by atoms with Crippen LogP contribution >= 0.6 is 0 Å². The molecule has 0 amide bonds. The Balaban J connectivity index is 2.13. The van der Waals surface area contributed by atoms with Gasteiger partial charge < -0.3 is 0 Å². The second-order valence-corrected chi connectivity index (χ2v) is 13.8. The van der Waals surface area contributed by atoms with Crippen LogP contribution in [0.4, 0.5) is 0 Å². The van der Waals surface area contributed by atoms with Crippen molar-refractivity contribution in [3.8, 4) is 0 Å². The van der Waals surface area contributed by atoms with Gasteiger partial charge in [0.15, 0.2) is 0 Å². The van der Waals surface area contributed by atoms with Crippen LogP contribution in [0.15, 0.2) is 53.9 Å². The molecular weight excluding hydrogens is 534 g/mol. The molecule has 2 heterocycles. The minimum atomic E-state index is -4.35. The van der Waals surface area contributed by atoms with Gasteiger partial charge in [-0.2, -0.15) is 29.8 Å². The predicted octanol–water partition coefficient (Wildman–Crippen LogP) is -0.408. The number of carbonyl (C=O) groups is 1. The lowest BCUT2D eigenvalue weighted by Crippen LogP contribution is -2.36. The molecule has 0 radical (unpaired) electrons. The molecule has 2 aromatic heterocycles. The Morgan fingerprint density at radius 2 is 1.17 bits per heavy atom. The number of nitrogens with zero attached hydrogens (tertiary/aromatic N) is 7. The fourth-order valence-corrected chi connectivity index (χ4v) is 6.26. The van der Waals surface area contributed by atoms with Gasteiger partial charge in [-0.05, 0) is 12.1 Å². The van der Waals surface area contributed by atoms with Crippen molar-refractivity contribution in [3.05, 3.63) is 66.3 Å². The molecular formula is C19H25N7O7S3. The molecule has 0 saturated carbocycles. The van der Waals surface area contributed by atoms with Crippen LogP contribution in [-0.4, -0.2) is 90.6 Å². The van der Waals surface area contributed by atoms with E-state index in [9.17, 15) is 30.0 Å². The van der Waals surface area contributed by atoms with Gasteiger partial charge in [0.05, 0.1) is 18.0 Å². The number of benzene rings is 1. The highest BCUT2D eigenvalue weighted by atomic mass is 32.2. The average molecular weight is 560 g/mol. The van der Waals surface area contributed by atoms with Gasteiger partial charge in [-0.15, -0.1) is 0 Å². The molecule has 14 nitrogen and oxygen atoms in total. The van der Waals surface area contributed by atoms with Crippen molar-refractivity contribution in [1.29, 1.82) is 0 Å². The van der Waals surface area contributed by atoms with Crippen molar-refractivity contribution < 1.29 is 30.0 Å². The van der Waals surface area contributed by atoms with Crippen molar-refractivity contribution in [2.45, 2.75) is 18.0 Å². The van der Waals surface area contributed by atoms with E-state index >= 15 is 0 Å². The average Bonchev–Trinajstić information content (AvgIpc) is 3.48. The minimum absolute atomic E-state index is 0.134. The van der Waals surface area contributed by atoms with Gasteiger partial charge in [-0.25, -0.2) is 26.3 Å². The second kappa shape index (κ2) is 10.2. The van der Waals surface area contributed by atoms with E-state index in [0.717, 1.165) is 20.9 Å². The van der Waals surface area contributed by atoms with Crippen molar-refractivity contribution in [1.82, 2.24) is 30.8 Å². The van der Waals surface area contributed by atoms with Gasteiger partial charge in [0.2, 0.25) is 10.0 Å². The molecule has 0 N–H and O–H groups in total. The largest absolute Gasteiger partial charge is 0.308 e. The lowest BCUT2D eigenvalue weighted by Gasteiger charge is -2.23. The third kappa shape index (κ3) is 5.25. The van der Waals surface area contributed by atoms with Crippen LogP contribution in [-0.2, 0) is 43.5 Å². The van der Waals surface area contributed by atoms with Crippen LogP contribution in [0.3, 0.4) is 0 Å². The minimum Gasteiger partial charge on any atom is -0.298 e. The van der Waals surface area contributed by atoms with Gasteiger partial charge in [-0.1, -0.05) is 12.1 Å². The number of aromatic nitrogens is 4. The predicted molar refractivity (Wildman–Crippen MR) is 129 cm³/mol. The van der Waals surface area contributed by atoms with Gasteiger partial charge in [0.1, 0.15) is 17.9 Å². The molecule has 0 atom stereocenters. The maximum absolute atomic E-state index is 13.6. The van der Waals surface area contributed by atoms with Gasteiger partial charge in [0.25, 0.3) is 0 Å². The van der Waals surface area contributed by atoms with E-state index in [1.54, 1.807) is 0 Å². The first-order valence-corrected chi connectivity index (χ1v) is 14.4. The van der Waals surface area contributed by atoms with E-state index in [0.29, 0.717) is 6.29 Å². The summed E-state index contributed by atoms with van der Waals surface area (Å²) in [6.45, 7) is -1.07. The first-order valence-electron chi connectivity index (χ1n) is 10.2. The van der Waals surface area contributed by atoms with Gasteiger partial charge >= 0.3 is 20.4 Å². The van der Waals surface area contributed by atoms with Crippen LogP contribution in [0.2, 0.25) is 0 Å². The number of aldehydes is 1. The van der Waals surface area contributed by atoms with Crippen molar-refractivity contribution in [3.63, 3.8) is 0 Å². The zero-order chi connectivity index (χ0) is 26.9. The van der Waals surface area contributed by atoms with Gasteiger partial charge in [-0.3, -0.25) is 4.79 Å². The highest BCUT2D eigenvalue weighted by molar-refractivity contribution is 7.89. The van der Waals surface area contributed by atoms with Crippen LogP contribution in [0.25, 0.3) is 0 Å². The van der Waals surface area contributed by atoms with E-state index < -0.39 is 43.5 Å². The Bertz CT molecular complexity index is 1480. The van der Waals surface area contributed by atoms with E-state index in [4.69, 9.17) is 0 Å². The molecule has 0 aliphatic carbocycles. The zero-order valence-electron chi connectivity index (χ0n) is 19.8. The molecule has 0 aliphatic heterocycles. The van der Waals surface area contributed by atoms with Crippen molar-refractivity contribution in [2.75, 3.05) is 28.2 Å². The Morgan fingerprint density at radius 3 is 1.53 bits per heavy atom. The smallest absolute Gasteiger partial charge is 0.298 e. The SMILES string of the molecule is CN(C)S(=O)(=O)n1ccnc1CN(Cc1nccn1S(=O)(=O)N(C)C)S(=O)(=O)c1ccc(C=O)cc1. The summed E-state index contributed by atoms with van der Waals surface area (Å²) < 4.78 is 82.5. The molecule has 17 heteroatoms. The quantitative estimate of drug-likeness (QED) is 0.284. The monoisotopic (exact) mass is 559 g/mol. The standard InChI is InChI=1S/C19H25N7O7S3/c1-22(2)35(30,31)25-11-9-20-18(25)13-24(34(28,29)17-7-5-16(15-27)6-8-17)14-19-21-10-12-26(19)36(32,33)23(3)4/h5-12,15H,13-14H2,1-4H3. The molecule has 0 bridgehead atoms. The molecule has 3 rings (SSSR count). The Kier molecular flexibility index (Phi) is 7.82. The van der Waals surface area contributed by atoms with E-state index in [2.05, 4.69) is 9.97 Å². The second-order valence-electron chi connectivity index (χ2n) is 7.82. The summed E-state index contributed by atoms with van der Waals surface area (Å²) in [6, 6.07) is 5.07. The summed E-state index contributed by atoms with van der Waals surface area (Å²) in [5, 5.41) is 0. The first kappa shape index (κ1) is 27.6. The van der Waals surface area contributed by atoms with Crippen LogP contribution in [0.1, 0.15) is 22.0 Å². The maximum Gasteiger partial charge on any atom is 0.308 e. The molecule has 0 aliphatic rings. The van der Waals surface area contributed by atoms with E-state index in [1.165, 1.54) is 77.2 Å². The Labute approximate surface area is 209 Å². The third-order valence-electron chi connectivity index (χ3n) is 5.07. The van der Waals surface area contributed by atoms with Crippen molar-refractivity contribution in [2.24, 2.45) is 0 Å². The fourth-order valence-electron chi connectivity index (χ4n) is 3.05. The molecule has 0 spiro atoms. The highest BCUT2D eigenvalue weighted by Gasteiger charge is 2.31. The van der Waals surface area contributed by atoms with Crippen molar-refractivity contribution >= 4 is 36.7 Å². The lowest BCUT2D eigenvalue weighted by atomic mass is 10.2. The molecule has 196 valence electrons. The normalized spacial score (nSPS) is 13.1.